The largest absolute Gasteiger partial charge is 0.461 e. The molecule has 7 heteroatoms. The normalized spacial score (nSPS) is 20.5. The lowest BCUT2D eigenvalue weighted by molar-refractivity contribution is -0.177. The van der Waals surface area contributed by atoms with Crippen LogP contribution in [0, 0.1) is 0 Å². The number of aromatic nitrogens is 2. The van der Waals surface area contributed by atoms with E-state index in [-0.39, 0.29) is 5.97 Å². The molecule has 2 aliphatic rings. The van der Waals surface area contributed by atoms with E-state index in [9.17, 15) is 4.79 Å². The highest BCUT2D eigenvalue weighted by Gasteiger charge is 2.42. The van der Waals surface area contributed by atoms with Gasteiger partial charge >= 0.3 is 5.97 Å². The van der Waals surface area contributed by atoms with Gasteiger partial charge in [-0.05, 0) is 29.3 Å². The number of ether oxygens (including phenoxy) is 3. The van der Waals surface area contributed by atoms with Crippen LogP contribution in [0.1, 0.15) is 29.5 Å². The van der Waals surface area contributed by atoms with Gasteiger partial charge in [0.25, 0.3) is 0 Å². The van der Waals surface area contributed by atoms with Gasteiger partial charge in [-0.1, -0.05) is 0 Å². The highest BCUT2D eigenvalue weighted by molar-refractivity contribution is 9.10. The van der Waals surface area contributed by atoms with Gasteiger partial charge in [-0.3, -0.25) is 0 Å². The third-order valence-electron chi connectivity index (χ3n) is 3.45. The zero-order valence-electron chi connectivity index (χ0n) is 10.6. The quantitative estimate of drug-likeness (QED) is 0.769. The molecule has 2 aliphatic heterocycles. The fourth-order valence-electron chi connectivity index (χ4n) is 2.59. The summed E-state index contributed by atoms with van der Waals surface area (Å²) in [6.45, 7) is 3.91. The zero-order valence-corrected chi connectivity index (χ0v) is 12.2. The fraction of sp³-hybridized carbons (Fsp3) is 0.667. The molecule has 1 spiro atoms. The minimum absolute atomic E-state index is 0.346. The molecule has 0 radical (unpaired) electrons. The minimum atomic E-state index is -0.553. The van der Waals surface area contributed by atoms with Crippen LogP contribution in [0.15, 0.2) is 4.73 Å². The summed E-state index contributed by atoms with van der Waals surface area (Å²) in [7, 11) is 0. The molecule has 0 aliphatic carbocycles. The van der Waals surface area contributed by atoms with Crippen molar-refractivity contribution >= 4 is 21.9 Å². The molecular weight excluding hydrogens is 316 g/mol. The number of carbonyl (C=O) groups excluding carboxylic acids is 1. The van der Waals surface area contributed by atoms with E-state index in [0.717, 1.165) is 12.1 Å². The average Bonchev–Trinajstić information content (AvgIpc) is 2.97. The first-order chi connectivity index (χ1) is 9.15. The van der Waals surface area contributed by atoms with E-state index in [1.54, 1.807) is 6.92 Å². The van der Waals surface area contributed by atoms with Gasteiger partial charge < -0.3 is 18.8 Å². The molecule has 0 unspecified atom stereocenters. The summed E-state index contributed by atoms with van der Waals surface area (Å²) >= 11 is 3.39. The summed E-state index contributed by atoms with van der Waals surface area (Å²) < 4.78 is 19.0. The molecule has 3 rings (SSSR count). The Labute approximate surface area is 119 Å². The molecule has 1 fully saturated rings. The van der Waals surface area contributed by atoms with Crippen molar-refractivity contribution in [2.24, 2.45) is 0 Å². The fourth-order valence-corrected chi connectivity index (χ4v) is 3.11. The van der Waals surface area contributed by atoms with Gasteiger partial charge in [-0.15, -0.1) is 0 Å². The first-order valence-corrected chi connectivity index (χ1v) is 7.14. The van der Waals surface area contributed by atoms with Gasteiger partial charge in [0.05, 0.1) is 32.1 Å². The van der Waals surface area contributed by atoms with E-state index in [2.05, 4.69) is 20.9 Å². The summed E-state index contributed by atoms with van der Waals surface area (Å²) in [4.78, 5) is 16.1. The summed E-state index contributed by atoms with van der Waals surface area (Å²) in [5, 5.41) is 0. The Kier molecular flexibility index (Phi) is 3.36. The maximum atomic E-state index is 11.9. The predicted molar refractivity (Wildman–Crippen MR) is 68.8 cm³/mol. The number of hydrogen-bond donors (Lipinski definition) is 0. The molecule has 0 atom stereocenters. The predicted octanol–water partition coefficient (Wildman–Crippen LogP) is 1.51. The summed E-state index contributed by atoms with van der Waals surface area (Å²) in [6.07, 6.45) is 1.42. The lowest BCUT2D eigenvalue weighted by atomic mass is 10.0. The number of nitrogens with zero attached hydrogens (tertiary/aromatic N) is 2. The average molecular weight is 331 g/mol. The van der Waals surface area contributed by atoms with Crippen molar-refractivity contribution in [2.45, 2.75) is 32.1 Å². The lowest BCUT2D eigenvalue weighted by Gasteiger charge is -2.32. The Balaban J connectivity index is 1.92. The first-order valence-electron chi connectivity index (χ1n) is 6.35. The maximum absolute atomic E-state index is 11.9. The third-order valence-corrected chi connectivity index (χ3v) is 4.06. The van der Waals surface area contributed by atoms with Crippen molar-refractivity contribution in [1.29, 1.82) is 0 Å². The van der Waals surface area contributed by atoms with Gasteiger partial charge in [0, 0.05) is 6.42 Å². The number of imidazole rings is 1. The van der Waals surface area contributed by atoms with Crippen LogP contribution in [0.4, 0.5) is 0 Å². The molecule has 0 saturated carbocycles. The molecule has 0 amide bonds. The number of esters is 1. The summed E-state index contributed by atoms with van der Waals surface area (Å²) in [5.74, 6) is -0.927. The molecule has 0 bridgehead atoms. The molecule has 6 nitrogen and oxygen atoms in total. The second-order valence-corrected chi connectivity index (χ2v) is 5.30. The van der Waals surface area contributed by atoms with Crippen molar-refractivity contribution in [2.75, 3.05) is 19.8 Å². The van der Waals surface area contributed by atoms with E-state index in [0.29, 0.717) is 43.2 Å². The van der Waals surface area contributed by atoms with E-state index in [1.165, 1.54) is 0 Å². The van der Waals surface area contributed by atoms with Crippen LogP contribution in [0.5, 0.6) is 0 Å². The van der Waals surface area contributed by atoms with Crippen molar-refractivity contribution < 1.29 is 19.0 Å². The van der Waals surface area contributed by atoms with Crippen LogP contribution < -0.4 is 0 Å². The number of hydrogen-bond acceptors (Lipinski definition) is 5. The standard InChI is InChI=1S/C12H15BrN2O4/c1-2-17-10(16)9-8-3-4-12(18-5-6-19-12)7-15(8)11(13)14-9/h2-7H2,1H3. The Morgan fingerprint density at radius 2 is 2.26 bits per heavy atom. The second kappa shape index (κ2) is 4.88. The van der Waals surface area contributed by atoms with Crippen molar-refractivity contribution in [3.8, 4) is 0 Å². The highest BCUT2D eigenvalue weighted by Crippen LogP contribution is 2.35. The number of fused-ring (bicyclic) bond motifs is 1. The summed E-state index contributed by atoms with van der Waals surface area (Å²) in [5.41, 5.74) is 1.27. The molecular formula is C12H15BrN2O4. The van der Waals surface area contributed by atoms with Gasteiger partial charge in [-0.2, -0.15) is 0 Å². The highest BCUT2D eigenvalue weighted by atomic mass is 79.9. The smallest absolute Gasteiger partial charge is 0.358 e. The van der Waals surface area contributed by atoms with E-state index >= 15 is 0 Å². The van der Waals surface area contributed by atoms with Crippen LogP contribution in [-0.4, -0.2) is 41.1 Å². The molecule has 19 heavy (non-hydrogen) atoms. The molecule has 1 aromatic rings. The topological polar surface area (TPSA) is 62.6 Å². The number of carbonyl (C=O) groups is 1. The first kappa shape index (κ1) is 13.1. The Hall–Kier alpha value is -0.920. The SMILES string of the molecule is CCOC(=O)c1nc(Br)n2c1CCC1(C2)OCCO1. The van der Waals surface area contributed by atoms with Crippen LogP contribution in [0.25, 0.3) is 0 Å². The Morgan fingerprint density at radius 3 is 2.95 bits per heavy atom. The van der Waals surface area contributed by atoms with Crippen LogP contribution in [0.2, 0.25) is 0 Å². The maximum Gasteiger partial charge on any atom is 0.358 e. The number of halogens is 1. The van der Waals surface area contributed by atoms with Gasteiger partial charge in [-0.25, -0.2) is 9.78 Å². The number of rotatable bonds is 2. The van der Waals surface area contributed by atoms with Crippen molar-refractivity contribution in [3.05, 3.63) is 16.1 Å². The van der Waals surface area contributed by atoms with Gasteiger partial charge in [0.15, 0.2) is 16.2 Å². The molecule has 0 aromatic carbocycles. The van der Waals surface area contributed by atoms with E-state index < -0.39 is 5.79 Å². The molecule has 3 heterocycles. The molecule has 104 valence electrons. The van der Waals surface area contributed by atoms with Gasteiger partial charge in [0.2, 0.25) is 0 Å². The third kappa shape index (κ3) is 2.19. The van der Waals surface area contributed by atoms with E-state index in [1.807, 2.05) is 4.57 Å². The summed E-state index contributed by atoms with van der Waals surface area (Å²) in [6, 6.07) is 0. The van der Waals surface area contributed by atoms with Crippen molar-refractivity contribution in [1.82, 2.24) is 9.55 Å². The van der Waals surface area contributed by atoms with Crippen molar-refractivity contribution in [3.63, 3.8) is 0 Å². The molecule has 1 aromatic heterocycles. The Morgan fingerprint density at radius 1 is 1.53 bits per heavy atom. The van der Waals surface area contributed by atoms with E-state index in [4.69, 9.17) is 14.2 Å². The molecule has 1 saturated heterocycles. The minimum Gasteiger partial charge on any atom is -0.461 e. The Bertz CT molecular complexity index is 508. The van der Waals surface area contributed by atoms with Crippen LogP contribution >= 0.6 is 15.9 Å². The van der Waals surface area contributed by atoms with Crippen LogP contribution in [-0.2, 0) is 27.2 Å². The monoisotopic (exact) mass is 330 g/mol. The zero-order chi connectivity index (χ0) is 13.5. The second-order valence-electron chi connectivity index (χ2n) is 4.59. The van der Waals surface area contributed by atoms with Gasteiger partial charge in [0.1, 0.15) is 0 Å². The lowest BCUT2D eigenvalue weighted by Crippen LogP contribution is -2.40. The van der Waals surface area contributed by atoms with Crippen LogP contribution in [0.3, 0.4) is 0 Å². The molecule has 0 N–H and O–H groups in total.